The summed E-state index contributed by atoms with van der Waals surface area (Å²) in [5, 5.41) is 16.6. The van der Waals surface area contributed by atoms with Crippen LogP contribution in [0.4, 0.5) is 11.4 Å². The lowest BCUT2D eigenvalue weighted by Gasteiger charge is -2.39. The van der Waals surface area contributed by atoms with E-state index in [0.29, 0.717) is 18.7 Å². The van der Waals surface area contributed by atoms with Crippen LogP contribution in [0.15, 0.2) is 24.3 Å². The van der Waals surface area contributed by atoms with Crippen LogP contribution in [-0.2, 0) is 14.4 Å². The maximum absolute atomic E-state index is 14.2. The van der Waals surface area contributed by atoms with E-state index in [0.717, 1.165) is 38.0 Å². The van der Waals surface area contributed by atoms with E-state index in [1.165, 1.54) is 0 Å². The summed E-state index contributed by atoms with van der Waals surface area (Å²) in [5.41, 5.74) is 1.77. The Morgan fingerprint density at radius 1 is 1.16 bits per heavy atom. The van der Waals surface area contributed by atoms with Crippen LogP contribution in [0.5, 0.6) is 0 Å². The van der Waals surface area contributed by atoms with Crippen molar-refractivity contribution < 1.29 is 19.5 Å². The van der Waals surface area contributed by atoms with Gasteiger partial charge in [-0.25, -0.2) is 0 Å². The minimum atomic E-state index is -0.743. The first-order chi connectivity index (χ1) is 18.3. The van der Waals surface area contributed by atoms with Crippen molar-refractivity contribution in [3.63, 3.8) is 0 Å². The van der Waals surface area contributed by atoms with Crippen LogP contribution >= 0.6 is 11.8 Å². The van der Waals surface area contributed by atoms with Gasteiger partial charge in [0.15, 0.2) is 0 Å². The molecule has 0 aliphatic carbocycles. The van der Waals surface area contributed by atoms with Crippen LogP contribution in [0.3, 0.4) is 0 Å². The van der Waals surface area contributed by atoms with E-state index >= 15 is 0 Å². The smallest absolute Gasteiger partial charge is 0.248 e. The lowest BCUT2D eigenvalue weighted by atomic mass is 9.70. The number of aliphatic hydroxyl groups excluding tert-OH is 1. The molecule has 38 heavy (non-hydrogen) atoms. The van der Waals surface area contributed by atoms with Gasteiger partial charge in [-0.1, -0.05) is 27.2 Å². The van der Waals surface area contributed by atoms with Gasteiger partial charge in [0.25, 0.3) is 0 Å². The molecule has 0 aromatic heterocycles. The number of nitrogens with zero attached hydrogens (tertiary/aromatic N) is 2. The van der Waals surface area contributed by atoms with Crippen LogP contribution in [-0.4, -0.2) is 76.0 Å². The van der Waals surface area contributed by atoms with Crippen molar-refractivity contribution in [2.24, 2.45) is 17.8 Å². The van der Waals surface area contributed by atoms with Gasteiger partial charge in [0.2, 0.25) is 17.7 Å². The maximum Gasteiger partial charge on any atom is 0.248 e. The molecule has 7 atom stereocenters. The number of likely N-dealkylation sites (tertiary alicyclic amines) is 1. The van der Waals surface area contributed by atoms with Crippen LogP contribution in [0, 0.1) is 17.8 Å². The Labute approximate surface area is 231 Å². The average molecular weight is 545 g/mol. The number of carbonyl (C=O) groups is 3. The highest BCUT2D eigenvalue weighted by molar-refractivity contribution is 8.02. The molecule has 0 radical (unpaired) electrons. The van der Waals surface area contributed by atoms with Crippen molar-refractivity contribution in [3.05, 3.63) is 24.3 Å². The van der Waals surface area contributed by atoms with E-state index in [9.17, 15) is 19.5 Å². The lowest BCUT2D eigenvalue weighted by molar-refractivity contribution is -0.143. The largest absolute Gasteiger partial charge is 0.394 e. The molecule has 2 unspecified atom stereocenters. The number of aliphatic hydroxyl groups is 1. The van der Waals surface area contributed by atoms with Gasteiger partial charge < -0.3 is 25.5 Å². The second kappa shape index (κ2) is 11.9. The molecule has 1 spiro atoms. The van der Waals surface area contributed by atoms with E-state index in [4.69, 9.17) is 0 Å². The number of hydrogen-bond acceptors (Lipinski definition) is 6. The summed E-state index contributed by atoms with van der Waals surface area (Å²) >= 11 is 1.66. The first kappa shape index (κ1) is 28.7. The van der Waals surface area contributed by atoms with Gasteiger partial charge in [0.1, 0.15) is 6.04 Å². The highest BCUT2D eigenvalue weighted by Gasteiger charge is 2.74. The molecule has 3 fully saturated rings. The monoisotopic (exact) mass is 544 g/mol. The Hall–Kier alpha value is -2.26. The summed E-state index contributed by atoms with van der Waals surface area (Å²) < 4.78 is -0.665. The molecular formula is C29H44N4O4S. The SMILES string of the molecule is CCCNC(=O)[C@@H]1[C@H]2C(=O)N([C@@H](CO)[C@@H](C)CC)C(C(=O)Nc3ccc(N(CC)CC)cc3)C23CC[C@H]1S3. The molecule has 4 rings (SSSR count). The van der Waals surface area contributed by atoms with Crippen LogP contribution in [0.1, 0.15) is 60.3 Å². The summed E-state index contributed by atoms with van der Waals surface area (Å²) in [6, 6.07) is 6.59. The van der Waals surface area contributed by atoms with E-state index in [1.807, 2.05) is 45.0 Å². The predicted octanol–water partition coefficient (Wildman–Crippen LogP) is 3.50. The van der Waals surface area contributed by atoms with Gasteiger partial charge in [0, 0.05) is 36.3 Å². The average Bonchev–Trinajstić information content (AvgIpc) is 3.57. The molecular weight excluding hydrogens is 500 g/mol. The Kier molecular flexibility index (Phi) is 8.97. The maximum atomic E-state index is 14.2. The number of rotatable bonds is 12. The molecule has 1 aromatic rings. The zero-order valence-electron chi connectivity index (χ0n) is 23.4. The number of amides is 3. The highest BCUT2D eigenvalue weighted by atomic mass is 32.2. The van der Waals surface area contributed by atoms with Gasteiger partial charge in [-0.05, 0) is 63.3 Å². The lowest BCUT2D eigenvalue weighted by Crippen LogP contribution is -2.56. The molecule has 3 amide bonds. The number of anilines is 2. The van der Waals surface area contributed by atoms with Crippen molar-refractivity contribution >= 4 is 40.9 Å². The third-order valence-electron chi connectivity index (χ3n) is 8.95. The molecule has 210 valence electrons. The minimum Gasteiger partial charge on any atom is -0.394 e. The fourth-order valence-corrected chi connectivity index (χ4v) is 8.99. The number of benzene rings is 1. The van der Waals surface area contributed by atoms with E-state index in [1.54, 1.807) is 16.7 Å². The summed E-state index contributed by atoms with van der Waals surface area (Å²) in [7, 11) is 0. The van der Waals surface area contributed by atoms with Crippen molar-refractivity contribution in [2.75, 3.05) is 36.5 Å². The van der Waals surface area contributed by atoms with Crippen LogP contribution in [0.25, 0.3) is 0 Å². The van der Waals surface area contributed by atoms with Crippen molar-refractivity contribution in [1.82, 2.24) is 10.2 Å². The second-order valence-corrected chi connectivity index (χ2v) is 12.5. The standard InChI is InChI=1S/C29H44N4O4S/c1-6-16-30-26(35)23-22-14-15-29(38-22)24(23)28(37)33(21(17-34)18(5)7-2)25(29)27(36)31-19-10-12-20(13-11-19)32(8-3)9-4/h10-13,18,21-25,34H,6-9,14-17H2,1-5H3,(H,30,35)(H,31,36)/t18-,21-,22+,23-,24-,25?,29?/m0/s1. The minimum absolute atomic E-state index is 0.0115. The van der Waals surface area contributed by atoms with Crippen molar-refractivity contribution in [3.8, 4) is 0 Å². The molecule has 3 heterocycles. The zero-order chi connectivity index (χ0) is 27.6. The Bertz CT molecular complexity index is 1020. The Morgan fingerprint density at radius 3 is 2.42 bits per heavy atom. The van der Waals surface area contributed by atoms with Crippen LogP contribution < -0.4 is 15.5 Å². The molecule has 0 saturated carbocycles. The topological polar surface area (TPSA) is 102 Å². The fraction of sp³-hybridized carbons (Fsp3) is 0.690. The van der Waals surface area contributed by atoms with Gasteiger partial charge in [-0.15, -0.1) is 11.8 Å². The third kappa shape index (κ3) is 4.81. The van der Waals surface area contributed by atoms with Crippen molar-refractivity contribution in [2.45, 2.75) is 82.4 Å². The molecule has 3 aliphatic heterocycles. The molecule has 2 bridgehead atoms. The first-order valence-corrected chi connectivity index (χ1v) is 15.2. The quantitative estimate of drug-likeness (QED) is 0.372. The third-order valence-corrected chi connectivity index (χ3v) is 10.9. The number of hydrogen-bond donors (Lipinski definition) is 3. The summed E-state index contributed by atoms with van der Waals surface area (Å²) in [4.78, 5) is 45.4. The zero-order valence-corrected chi connectivity index (χ0v) is 24.2. The molecule has 3 saturated heterocycles. The predicted molar refractivity (Wildman–Crippen MR) is 153 cm³/mol. The summed E-state index contributed by atoms with van der Waals surface area (Å²) in [6.45, 7) is 12.4. The first-order valence-electron chi connectivity index (χ1n) is 14.3. The molecule has 8 nitrogen and oxygen atoms in total. The van der Waals surface area contributed by atoms with Crippen LogP contribution in [0.2, 0.25) is 0 Å². The fourth-order valence-electron chi connectivity index (χ4n) is 6.78. The van der Waals surface area contributed by atoms with E-state index < -0.39 is 28.7 Å². The summed E-state index contributed by atoms with van der Waals surface area (Å²) in [6.07, 6.45) is 3.11. The van der Waals surface area contributed by atoms with E-state index in [-0.39, 0.29) is 35.5 Å². The number of fused-ring (bicyclic) bond motifs is 1. The Morgan fingerprint density at radius 2 is 1.84 bits per heavy atom. The number of carbonyl (C=O) groups excluding carboxylic acids is 3. The van der Waals surface area contributed by atoms with Gasteiger partial charge in [-0.2, -0.15) is 0 Å². The Balaban J connectivity index is 1.68. The molecule has 9 heteroatoms. The highest BCUT2D eigenvalue weighted by Crippen LogP contribution is 2.66. The second-order valence-electron chi connectivity index (χ2n) is 10.9. The van der Waals surface area contributed by atoms with Gasteiger partial charge in [-0.3, -0.25) is 14.4 Å². The van der Waals surface area contributed by atoms with Gasteiger partial charge in [0.05, 0.1) is 29.2 Å². The van der Waals surface area contributed by atoms with E-state index in [2.05, 4.69) is 29.4 Å². The normalized spacial score (nSPS) is 29.2. The van der Waals surface area contributed by atoms with Gasteiger partial charge >= 0.3 is 0 Å². The molecule has 3 N–H and O–H groups in total. The molecule has 1 aromatic carbocycles. The molecule has 3 aliphatic rings. The summed E-state index contributed by atoms with van der Waals surface area (Å²) in [5.74, 6) is -1.47. The number of nitrogens with one attached hydrogen (secondary N) is 2. The van der Waals surface area contributed by atoms with Crippen molar-refractivity contribution in [1.29, 1.82) is 0 Å². The number of thioether (sulfide) groups is 1.